The Hall–Kier alpha value is -1.88. The number of rotatable bonds is 5. The number of nitrogens with one attached hydrogen (secondary N) is 1. The number of anilines is 1. The molecule has 2 saturated heterocycles. The van der Waals surface area contributed by atoms with Crippen molar-refractivity contribution in [2.75, 3.05) is 37.6 Å². The standard InChI is InChI=1S/C24H35FN6O.HI/c1-3-27-24(30-10-6-18(2)23(16-30)31-13-9-26-17-31)28-15-19-4-5-22(21(25)14-19)29-11-7-20(32)8-12-29;/h4-5,9,13-14,17-18,20,23,32H,3,6-8,10-12,15-16H2,1-2H3,(H,27,28);1H. The highest BCUT2D eigenvalue weighted by atomic mass is 127. The van der Waals surface area contributed by atoms with Crippen LogP contribution in [-0.2, 0) is 6.54 Å². The molecule has 2 aromatic rings. The molecule has 2 unspecified atom stereocenters. The van der Waals surface area contributed by atoms with Gasteiger partial charge in [0.25, 0.3) is 0 Å². The number of piperidine rings is 2. The molecular formula is C24H36FIN6O. The molecule has 2 aliphatic rings. The third kappa shape index (κ3) is 6.38. The molecule has 0 aliphatic carbocycles. The van der Waals surface area contributed by atoms with E-state index < -0.39 is 0 Å². The van der Waals surface area contributed by atoms with E-state index in [9.17, 15) is 9.50 Å². The van der Waals surface area contributed by atoms with Gasteiger partial charge in [0.05, 0.1) is 30.7 Å². The summed E-state index contributed by atoms with van der Waals surface area (Å²) in [5.74, 6) is 1.23. The van der Waals surface area contributed by atoms with E-state index in [0.29, 0.717) is 50.1 Å². The van der Waals surface area contributed by atoms with Gasteiger partial charge in [0, 0.05) is 45.1 Å². The lowest BCUT2D eigenvalue weighted by Gasteiger charge is -2.39. The van der Waals surface area contributed by atoms with Gasteiger partial charge in [-0.3, -0.25) is 0 Å². The SMILES string of the molecule is CCNC(=NCc1ccc(N2CCC(O)CC2)c(F)c1)N1CCC(C)C(n2ccnc2)C1.I. The number of imidazole rings is 1. The second-order valence-corrected chi connectivity index (χ2v) is 8.96. The minimum Gasteiger partial charge on any atom is -0.393 e. The van der Waals surface area contributed by atoms with Gasteiger partial charge in [-0.25, -0.2) is 14.4 Å². The zero-order valence-corrected chi connectivity index (χ0v) is 21.9. The van der Waals surface area contributed by atoms with Crippen molar-refractivity contribution in [1.82, 2.24) is 19.8 Å². The van der Waals surface area contributed by atoms with Crippen molar-refractivity contribution in [2.24, 2.45) is 10.9 Å². The third-order valence-electron chi connectivity index (χ3n) is 6.69. The van der Waals surface area contributed by atoms with Crippen LogP contribution >= 0.6 is 24.0 Å². The fourth-order valence-electron chi connectivity index (χ4n) is 4.70. The van der Waals surface area contributed by atoms with Crippen LogP contribution in [0, 0.1) is 11.7 Å². The number of hydrogen-bond acceptors (Lipinski definition) is 4. The number of guanidine groups is 1. The van der Waals surface area contributed by atoms with Crippen LogP contribution in [0.1, 0.15) is 44.7 Å². The highest BCUT2D eigenvalue weighted by Gasteiger charge is 2.29. The molecular weight excluding hydrogens is 534 g/mol. The maximum absolute atomic E-state index is 14.8. The molecule has 182 valence electrons. The first-order valence-electron chi connectivity index (χ1n) is 11.8. The van der Waals surface area contributed by atoms with Gasteiger partial charge in [0.15, 0.2) is 5.96 Å². The second kappa shape index (κ2) is 12.0. The van der Waals surface area contributed by atoms with Crippen LogP contribution in [0.25, 0.3) is 0 Å². The van der Waals surface area contributed by atoms with Crippen molar-refractivity contribution in [3.05, 3.63) is 48.3 Å². The average Bonchev–Trinajstić information content (AvgIpc) is 3.33. The van der Waals surface area contributed by atoms with E-state index in [0.717, 1.165) is 37.6 Å². The molecule has 0 bridgehead atoms. The Morgan fingerprint density at radius 1 is 1.24 bits per heavy atom. The Kier molecular flexibility index (Phi) is 9.37. The van der Waals surface area contributed by atoms with E-state index >= 15 is 0 Å². The topological polar surface area (TPSA) is 68.9 Å². The summed E-state index contributed by atoms with van der Waals surface area (Å²) in [5.41, 5.74) is 1.47. The minimum atomic E-state index is -0.265. The molecule has 0 saturated carbocycles. The summed E-state index contributed by atoms with van der Waals surface area (Å²) >= 11 is 0. The van der Waals surface area contributed by atoms with Gasteiger partial charge in [-0.05, 0) is 49.8 Å². The first-order valence-corrected chi connectivity index (χ1v) is 11.8. The number of aliphatic imine (C=N–C) groups is 1. The lowest BCUT2D eigenvalue weighted by atomic mass is 9.93. The van der Waals surface area contributed by atoms with Crippen LogP contribution in [0.4, 0.5) is 10.1 Å². The third-order valence-corrected chi connectivity index (χ3v) is 6.69. The first-order chi connectivity index (χ1) is 15.5. The van der Waals surface area contributed by atoms with E-state index in [-0.39, 0.29) is 35.9 Å². The fraction of sp³-hybridized carbons (Fsp3) is 0.583. The van der Waals surface area contributed by atoms with Gasteiger partial charge in [-0.1, -0.05) is 13.0 Å². The van der Waals surface area contributed by atoms with Gasteiger partial charge in [0.2, 0.25) is 0 Å². The number of nitrogens with zero attached hydrogens (tertiary/aromatic N) is 5. The summed E-state index contributed by atoms with van der Waals surface area (Å²) in [4.78, 5) is 13.4. The van der Waals surface area contributed by atoms with Crippen molar-refractivity contribution in [1.29, 1.82) is 0 Å². The van der Waals surface area contributed by atoms with Crippen LogP contribution in [-0.4, -0.2) is 64.3 Å². The quantitative estimate of drug-likeness (QED) is 0.327. The maximum atomic E-state index is 14.8. The van der Waals surface area contributed by atoms with Crippen LogP contribution in [0.3, 0.4) is 0 Å². The zero-order chi connectivity index (χ0) is 22.5. The molecule has 7 nitrogen and oxygen atoms in total. The Morgan fingerprint density at radius 3 is 2.70 bits per heavy atom. The highest BCUT2D eigenvalue weighted by molar-refractivity contribution is 14.0. The predicted octanol–water partition coefficient (Wildman–Crippen LogP) is 3.65. The molecule has 2 N–H and O–H groups in total. The lowest BCUT2D eigenvalue weighted by molar-refractivity contribution is 0.145. The van der Waals surface area contributed by atoms with Gasteiger partial charge in [0.1, 0.15) is 5.82 Å². The van der Waals surface area contributed by atoms with Gasteiger partial charge >= 0.3 is 0 Å². The minimum absolute atomic E-state index is 0. The van der Waals surface area contributed by atoms with E-state index in [1.54, 1.807) is 6.07 Å². The molecule has 2 aliphatic heterocycles. The molecule has 1 aromatic heterocycles. The summed E-state index contributed by atoms with van der Waals surface area (Å²) < 4.78 is 17.0. The van der Waals surface area contributed by atoms with E-state index in [1.807, 2.05) is 35.8 Å². The molecule has 0 spiro atoms. The largest absolute Gasteiger partial charge is 0.393 e. The Morgan fingerprint density at radius 2 is 2.03 bits per heavy atom. The highest BCUT2D eigenvalue weighted by Crippen LogP contribution is 2.28. The fourth-order valence-corrected chi connectivity index (χ4v) is 4.70. The maximum Gasteiger partial charge on any atom is 0.194 e. The molecule has 3 heterocycles. The van der Waals surface area contributed by atoms with Crippen molar-refractivity contribution < 1.29 is 9.50 Å². The van der Waals surface area contributed by atoms with Gasteiger partial charge < -0.3 is 24.8 Å². The summed E-state index contributed by atoms with van der Waals surface area (Å²) in [6.07, 6.45) is 7.94. The van der Waals surface area contributed by atoms with Crippen LogP contribution < -0.4 is 10.2 Å². The van der Waals surface area contributed by atoms with Crippen molar-refractivity contribution in [3.8, 4) is 0 Å². The number of halogens is 2. The van der Waals surface area contributed by atoms with Crippen LogP contribution in [0.5, 0.6) is 0 Å². The van der Waals surface area contributed by atoms with Gasteiger partial charge in [-0.2, -0.15) is 0 Å². The normalized spacial score (nSPS) is 22.2. The molecule has 2 fully saturated rings. The Labute approximate surface area is 213 Å². The number of hydrogen-bond donors (Lipinski definition) is 2. The number of likely N-dealkylation sites (tertiary alicyclic amines) is 1. The van der Waals surface area contributed by atoms with Crippen LogP contribution in [0.2, 0.25) is 0 Å². The summed E-state index contributed by atoms with van der Waals surface area (Å²) in [6, 6.07) is 5.76. The number of aromatic nitrogens is 2. The summed E-state index contributed by atoms with van der Waals surface area (Å²) in [7, 11) is 0. The number of aliphatic hydroxyl groups excluding tert-OH is 1. The average molecular weight is 570 g/mol. The van der Waals surface area contributed by atoms with Gasteiger partial charge in [-0.15, -0.1) is 24.0 Å². The number of benzene rings is 1. The summed E-state index contributed by atoms with van der Waals surface area (Å²) in [5, 5.41) is 13.1. The zero-order valence-electron chi connectivity index (χ0n) is 19.5. The van der Waals surface area contributed by atoms with Crippen molar-refractivity contribution in [3.63, 3.8) is 0 Å². The van der Waals surface area contributed by atoms with Crippen LogP contribution in [0.15, 0.2) is 41.9 Å². The molecule has 33 heavy (non-hydrogen) atoms. The Bertz CT molecular complexity index is 900. The molecule has 0 radical (unpaired) electrons. The lowest BCUT2D eigenvalue weighted by Crippen LogP contribution is -2.49. The molecule has 1 aromatic carbocycles. The molecule has 0 amide bonds. The van der Waals surface area contributed by atoms with Crippen molar-refractivity contribution in [2.45, 2.75) is 51.8 Å². The number of aliphatic hydroxyl groups is 1. The van der Waals surface area contributed by atoms with E-state index in [2.05, 4.69) is 33.6 Å². The van der Waals surface area contributed by atoms with E-state index in [1.165, 1.54) is 0 Å². The molecule has 9 heteroatoms. The smallest absolute Gasteiger partial charge is 0.194 e. The van der Waals surface area contributed by atoms with E-state index in [4.69, 9.17) is 4.99 Å². The summed E-state index contributed by atoms with van der Waals surface area (Å²) in [6.45, 7) is 8.77. The molecule has 2 atom stereocenters. The monoisotopic (exact) mass is 570 g/mol. The molecule has 4 rings (SSSR count). The first kappa shape index (κ1) is 25.7. The second-order valence-electron chi connectivity index (χ2n) is 8.96. The Balaban J connectivity index is 0.00000306. The van der Waals surface area contributed by atoms with Crippen molar-refractivity contribution >= 4 is 35.6 Å². The predicted molar refractivity (Wildman–Crippen MR) is 141 cm³/mol.